The van der Waals surface area contributed by atoms with Crippen LogP contribution in [0.25, 0.3) is 22.4 Å². The first-order valence-electron chi connectivity index (χ1n) is 9.98. The van der Waals surface area contributed by atoms with Gasteiger partial charge < -0.3 is 14.5 Å². The molecule has 0 amide bonds. The fourth-order valence-electron chi connectivity index (χ4n) is 4.28. The van der Waals surface area contributed by atoms with Gasteiger partial charge in [0, 0.05) is 38.2 Å². The monoisotopic (exact) mass is 385 g/mol. The minimum Gasteiger partial charge on any atom is -0.380 e. The number of pyridine rings is 2. The van der Waals surface area contributed by atoms with E-state index in [0.29, 0.717) is 28.5 Å². The van der Waals surface area contributed by atoms with Crippen LogP contribution in [0.5, 0.6) is 0 Å². The standard InChI is InChI=1S/C23H23N5O/c1-3-28-14-20(22-24-8-9-27(22)2)21(29)19-12-18(13-25-23(19)28)26-17-10-15-6-4-5-7-16(15)11-17/h4-9,12-14,17,26H,3,10-11H2,1-2H3. The van der Waals surface area contributed by atoms with E-state index >= 15 is 0 Å². The van der Waals surface area contributed by atoms with Crippen LogP contribution in [-0.2, 0) is 26.4 Å². The number of aromatic nitrogens is 4. The zero-order chi connectivity index (χ0) is 20.0. The summed E-state index contributed by atoms with van der Waals surface area (Å²) in [5, 5.41) is 4.20. The summed E-state index contributed by atoms with van der Waals surface area (Å²) < 4.78 is 3.88. The molecule has 6 nitrogen and oxygen atoms in total. The zero-order valence-electron chi connectivity index (χ0n) is 16.6. The van der Waals surface area contributed by atoms with Gasteiger partial charge >= 0.3 is 0 Å². The van der Waals surface area contributed by atoms with E-state index in [9.17, 15) is 4.79 Å². The molecule has 0 aliphatic heterocycles. The van der Waals surface area contributed by atoms with E-state index in [1.54, 1.807) is 6.20 Å². The van der Waals surface area contributed by atoms with Crippen molar-refractivity contribution in [2.75, 3.05) is 5.32 Å². The second-order valence-corrected chi connectivity index (χ2v) is 7.63. The first-order valence-corrected chi connectivity index (χ1v) is 9.98. The third-order valence-electron chi connectivity index (χ3n) is 5.74. The molecule has 0 spiro atoms. The molecule has 0 radical (unpaired) electrons. The SMILES string of the molecule is CCn1cc(-c2nccn2C)c(=O)c2cc(NC3Cc4ccccc4C3)cnc21. The largest absolute Gasteiger partial charge is 0.380 e. The van der Waals surface area contributed by atoms with Gasteiger partial charge in [0.05, 0.1) is 22.8 Å². The van der Waals surface area contributed by atoms with Crippen molar-refractivity contribution in [3.63, 3.8) is 0 Å². The summed E-state index contributed by atoms with van der Waals surface area (Å²) in [4.78, 5) is 22.3. The molecule has 1 N–H and O–H groups in total. The Labute approximate surface area is 168 Å². The van der Waals surface area contributed by atoms with Crippen molar-refractivity contribution in [3.8, 4) is 11.4 Å². The van der Waals surface area contributed by atoms with Crippen LogP contribution in [0.1, 0.15) is 18.1 Å². The van der Waals surface area contributed by atoms with Crippen LogP contribution in [0.15, 0.2) is 59.9 Å². The maximum absolute atomic E-state index is 13.3. The molecule has 0 fully saturated rings. The van der Waals surface area contributed by atoms with E-state index in [1.807, 2.05) is 40.8 Å². The third-order valence-corrected chi connectivity index (χ3v) is 5.74. The highest BCUT2D eigenvalue weighted by molar-refractivity contribution is 5.82. The summed E-state index contributed by atoms with van der Waals surface area (Å²) in [6.07, 6.45) is 9.23. The van der Waals surface area contributed by atoms with Crippen LogP contribution in [0.2, 0.25) is 0 Å². The predicted molar refractivity (Wildman–Crippen MR) is 115 cm³/mol. The van der Waals surface area contributed by atoms with Crippen molar-refractivity contribution in [1.82, 2.24) is 19.1 Å². The number of imidazole rings is 1. The number of nitrogens with zero attached hydrogens (tertiary/aromatic N) is 4. The molecular formula is C23H23N5O. The first-order chi connectivity index (χ1) is 14.1. The molecule has 0 bridgehead atoms. The molecule has 0 saturated carbocycles. The minimum atomic E-state index is -0.0372. The second-order valence-electron chi connectivity index (χ2n) is 7.63. The fraction of sp³-hybridized carbons (Fsp3) is 0.261. The average molecular weight is 385 g/mol. The molecule has 29 heavy (non-hydrogen) atoms. The van der Waals surface area contributed by atoms with Gasteiger partial charge in [-0.25, -0.2) is 9.97 Å². The molecule has 5 rings (SSSR count). The number of hydrogen-bond acceptors (Lipinski definition) is 4. The van der Waals surface area contributed by atoms with Gasteiger partial charge in [0.1, 0.15) is 11.5 Å². The molecule has 4 aromatic rings. The molecule has 0 saturated heterocycles. The minimum absolute atomic E-state index is 0.0372. The highest BCUT2D eigenvalue weighted by atomic mass is 16.1. The van der Waals surface area contributed by atoms with Gasteiger partial charge in [-0.3, -0.25) is 4.79 Å². The summed E-state index contributed by atoms with van der Waals surface area (Å²) in [5.41, 5.74) is 4.93. The lowest BCUT2D eigenvalue weighted by Crippen LogP contribution is -2.20. The van der Waals surface area contributed by atoms with Crippen molar-refractivity contribution in [2.45, 2.75) is 32.4 Å². The highest BCUT2D eigenvalue weighted by Gasteiger charge is 2.21. The number of hydrogen-bond donors (Lipinski definition) is 1. The number of anilines is 1. The lowest BCUT2D eigenvalue weighted by molar-refractivity contribution is 0.768. The van der Waals surface area contributed by atoms with Gasteiger partial charge in [0.2, 0.25) is 5.43 Å². The number of aryl methyl sites for hydroxylation is 2. The summed E-state index contributed by atoms with van der Waals surface area (Å²) in [7, 11) is 1.90. The van der Waals surface area contributed by atoms with Gasteiger partial charge in [-0.1, -0.05) is 24.3 Å². The van der Waals surface area contributed by atoms with Gasteiger partial charge in [-0.15, -0.1) is 0 Å². The van der Waals surface area contributed by atoms with Crippen molar-refractivity contribution in [2.24, 2.45) is 7.05 Å². The highest BCUT2D eigenvalue weighted by Crippen LogP contribution is 2.25. The molecular weight excluding hydrogens is 362 g/mol. The Hall–Kier alpha value is -3.41. The van der Waals surface area contributed by atoms with Gasteiger partial charge in [0.15, 0.2) is 0 Å². The van der Waals surface area contributed by atoms with Crippen LogP contribution in [0, 0.1) is 0 Å². The van der Waals surface area contributed by atoms with Crippen LogP contribution >= 0.6 is 0 Å². The molecule has 0 unspecified atom stereocenters. The van der Waals surface area contributed by atoms with Crippen molar-refractivity contribution in [1.29, 1.82) is 0 Å². The van der Waals surface area contributed by atoms with Gasteiger partial charge in [0.25, 0.3) is 0 Å². The molecule has 1 aliphatic rings. The quantitative estimate of drug-likeness (QED) is 0.585. The van der Waals surface area contributed by atoms with Crippen molar-refractivity contribution >= 4 is 16.7 Å². The van der Waals surface area contributed by atoms with Gasteiger partial charge in [-0.05, 0) is 37.0 Å². The first kappa shape index (κ1) is 17.7. The molecule has 0 atom stereocenters. The number of rotatable bonds is 4. The Bertz CT molecular complexity index is 1240. The smallest absolute Gasteiger partial charge is 0.202 e. The Kier molecular flexibility index (Phi) is 4.19. The van der Waals surface area contributed by atoms with Crippen molar-refractivity contribution in [3.05, 3.63) is 76.5 Å². The Morgan fingerprint density at radius 2 is 1.93 bits per heavy atom. The number of nitrogens with one attached hydrogen (secondary N) is 1. The lowest BCUT2D eigenvalue weighted by Gasteiger charge is -2.15. The van der Waals surface area contributed by atoms with E-state index in [4.69, 9.17) is 0 Å². The Morgan fingerprint density at radius 3 is 2.59 bits per heavy atom. The summed E-state index contributed by atoms with van der Waals surface area (Å²) >= 11 is 0. The van der Waals surface area contributed by atoms with Crippen LogP contribution < -0.4 is 10.7 Å². The van der Waals surface area contributed by atoms with Crippen molar-refractivity contribution < 1.29 is 0 Å². The van der Waals surface area contributed by atoms with Crippen LogP contribution in [0.4, 0.5) is 5.69 Å². The fourth-order valence-corrected chi connectivity index (χ4v) is 4.28. The Morgan fingerprint density at radius 1 is 1.17 bits per heavy atom. The Balaban J connectivity index is 1.55. The van der Waals surface area contributed by atoms with E-state index in [1.165, 1.54) is 11.1 Å². The molecule has 146 valence electrons. The third kappa shape index (κ3) is 3.01. The molecule has 3 aromatic heterocycles. The predicted octanol–water partition coefficient (Wildman–Crippen LogP) is 3.40. The molecule has 1 aliphatic carbocycles. The topological polar surface area (TPSA) is 64.7 Å². The van der Waals surface area contributed by atoms with E-state index in [-0.39, 0.29) is 5.43 Å². The summed E-state index contributed by atoms with van der Waals surface area (Å²) in [5.74, 6) is 0.670. The van der Waals surface area contributed by atoms with E-state index in [2.05, 4.69) is 46.5 Å². The molecule has 1 aromatic carbocycles. The molecule has 3 heterocycles. The van der Waals surface area contributed by atoms with E-state index < -0.39 is 0 Å². The molecule has 6 heteroatoms. The maximum atomic E-state index is 13.3. The normalized spacial score (nSPS) is 13.7. The number of benzene rings is 1. The van der Waals surface area contributed by atoms with Crippen LogP contribution in [0.3, 0.4) is 0 Å². The second kappa shape index (κ2) is 6.88. The number of fused-ring (bicyclic) bond motifs is 2. The maximum Gasteiger partial charge on any atom is 0.202 e. The van der Waals surface area contributed by atoms with Gasteiger partial charge in [-0.2, -0.15) is 0 Å². The lowest BCUT2D eigenvalue weighted by atomic mass is 10.1. The van der Waals surface area contributed by atoms with E-state index in [0.717, 1.165) is 25.1 Å². The average Bonchev–Trinajstić information content (AvgIpc) is 3.34. The zero-order valence-corrected chi connectivity index (χ0v) is 16.6. The summed E-state index contributed by atoms with van der Waals surface area (Å²) in [6, 6.07) is 10.8. The summed E-state index contributed by atoms with van der Waals surface area (Å²) in [6.45, 7) is 2.78. The van der Waals surface area contributed by atoms with Crippen LogP contribution in [-0.4, -0.2) is 25.1 Å².